The lowest BCUT2D eigenvalue weighted by molar-refractivity contribution is -0.132. The molecule has 0 aliphatic carbocycles. The maximum atomic E-state index is 12.7. The molecular formula is C18H24N4O3. The molecule has 1 saturated heterocycles. The second kappa shape index (κ2) is 9.77. The van der Waals surface area contributed by atoms with Gasteiger partial charge in [0.25, 0.3) is 5.91 Å². The molecule has 1 aromatic carbocycles. The number of nitrogens with zero attached hydrogens (tertiary/aromatic N) is 3. The summed E-state index contributed by atoms with van der Waals surface area (Å²) in [6.07, 6.45) is 0.297. The Morgan fingerprint density at radius 2 is 1.92 bits per heavy atom. The zero-order chi connectivity index (χ0) is 18.1. The van der Waals surface area contributed by atoms with Crippen molar-refractivity contribution in [3.63, 3.8) is 0 Å². The number of nitrogens with one attached hydrogen (secondary N) is 1. The van der Waals surface area contributed by atoms with Crippen molar-refractivity contribution < 1.29 is 14.3 Å². The van der Waals surface area contributed by atoms with E-state index in [1.165, 1.54) is 0 Å². The number of hydrogen-bond acceptors (Lipinski definition) is 5. The van der Waals surface area contributed by atoms with Gasteiger partial charge in [0.1, 0.15) is 0 Å². The molecule has 0 radical (unpaired) electrons. The Morgan fingerprint density at radius 3 is 2.52 bits per heavy atom. The Bertz CT molecular complexity index is 618. The molecule has 1 aromatic rings. The van der Waals surface area contributed by atoms with Crippen molar-refractivity contribution in [2.24, 2.45) is 0 Å². The first-order valence-electron chi connectivity index (χ1n) is 8.42. The van der Waals surface area contributed by atoms with E-state index in [9.17, 15) is 9.59 Å². The molecule has 25 heavy (non-hydrogen) atoms. The third kappa shape index (κ3) is 5.55. The molecule has 0 bridgehead atoms. The summed E-state index contributed by atoms with van der Waals surface area (Å²) < 4.78 is 5.08. The number of rotatable bonds is 7. The zero-order valence-corrected chi connectivity index (χ0v) is 14.5. The second-order valence-electron chi connectivity index (χ2n) is 5.85. The number of benzene rings is 1. The summed E-state index contributed by atoms with van der Waals surface area (Å²) in [6.45, 7) is 4.21. The van der Waals surface area contributed by atoms with Crippen LogP contribution >= 0.6 is 0 Å². The standard InChI is InChI=1S/C18H24N4O3/c1-25-13-12-22(9-6-17(23)21-10-7-20-8-11-21)18(24)16-4-2-15(14-19)3-5-16/h2-5,20H,6-13H2,1H3. The molecule has 0 unspecified atom stereocenters. The lowest BCUT2D eigenvalue weighted by atomic mass is 10.1. The summed E-state index contributed by atoms with van der Waals surface area (Å²) in [7, 11) is 1.58. The van der Waals surface area contributed by atoms with Crippen LogP contribution in [-0.4, -0.2) is 74.6 Å². The highest BCUT2D eigenvalue weighted by molar-refractivity contribution is 5.94. The summed E-state index contributed by atoms with van der Waals surface area (Å²) in [4.78, 5) is 28.5. The molecule has 2 rings (SSSR count). The van der Waals surface area contributed by atoms with Crippen LogP contribution < -0.4 is 5.32 Å². The predicted octanol–water partition coefficient (Wildman–Crippen LogP) is 0.469. The summed E-state index contributed by atoms with van der Waals surface area (Å²) in [5.74, 6) is -0.0915. The Morgan fingerprint density at radius 1 is 1.24 bits per heavy atom. The van der Waals surface area contributed by atoms with Gasteiger partial charge in [0, 0.05) is 58.4 Å². The number of hydrogen-bond donors (Lipinski definition) is 1. The summed E-state index contributed by atoms with van der Waals surface area (Å²) >= 11 is 0. The van der Waals surface area contributed by atoms with Gasteiger partial charge in [-0.2, -0.15) is 5.26 Å². The number of carbonyl (C=O) groups is 2. The van der Waals surface area contributed by atoms with E-state index < -0.39 is 0 Å². The maximum absolute atomic E-state index is 12.7. The van der Waals surface area contributed by atoms with E-state index in [1.54, 1.807) is 36.3 Å². The van der Waals surface area contributed by atoms with Crippen molar-refractivity contribution in [3.05, 3.63) is 35.4 Å². The first kappa shape index (κ1) is 18.9. The van der Waals surface area contributed by atoms with Gasteiger partial charge < -0.3 is 19.9 Å². The maximum Gasteiger partial charge on any atom is 0.253 e. The SMILES string of the molecule is COCCN(CCC(=O)N1CCNCC1)C(=O)c1ccc(C#N)cc1. The minimum Gasteiger partial charge on any atom is -0.383 e. The molecule has 1 aliphatic rings. The molecule has 7 heteroatoms. The minimum atomic E-state index is -0.158. The average Bonchev–Trinajstić information content (AvgIpc) is 2.68. The minimum absolute atomic E-state index is 0.0662. The van der Waals surface area contributed by atoms with Crippen LogP contribution in [0.4, 0.5) is 0 Å². The van der Waals surface area contributed by atoms with Crippen LogP contribution in [0.2, 0.25) is 0 Å². The van der Waals surface area contributed by atoms with Gasteiger partial charge in [0.2, 0.25) is 5.91 Å². The van der Waals surface area contributed by atoms with E-state index in [4.69, 9.17) is 10.00 Å². The number of amides is 2. The first-order valence-corrected chi connectivity index (χ1v) is 8.42. The van der Waals surface area contributed by atoms with E-state index in [0.29, 0.717) is 50.3 Å². The molecule has 0 saturated carbocycles. The van der Waals surface area contributed by atoms with Gasteiger partial charge in [-0.15, -0.1) is 0 Å². The summed E-state index contributed by atoms with van der Waals surface area (Å²) in [5.41, 5.74) is 1.01. The summed E-state index contributed by atoms with van der Waals surface area (Å²) in [6, 6.07) is 8.55. The molecule has 0 aromatic heterocycles. The quantitative estimate of drug-likeness (QED) is 0.777. The largest absolute Gasteiger partial charge is 0.383 e. The number of ether oxygens (including phenoxy) is 1. The van der Waals surface area contributed by atoms with Gasteiger partial charge in [0.05, 0.1) is 18.2 Å². The number of methoxy groups -OCH3 is 1. The molecule has 1 aliphatic heterocycles. The third-order valence-electron chi connectivity index (χ3n) is 4.18. The monoisotopic (exact) mass is 344 g/mol. The van der Waals surface area contributed by atoms with Crippen LogP contribution in [0.15, 0.2) is 24.3 Å². The average molecular weight is 344 g/mol. The van der Waals surface area contributed by atoms with Crippen molar-refractivity contribution in [2.45, 2.75) is 6.42 Å². The molecular weight excluding hydrogens is 320 g/mol. The Hall–Kier alpha value is -2.43. The van der Waals surface area contributed by atoms with E-state index in [-0.39, 0.29) is 11.8 Å². The van der Waals surface area contributed by atoms with Crippen molar-refractivity contribution in [3.8, 4) is 6.07 Å². The van der Waals surface area contributed by atoms with Crippen LogP contribution in [0.1, 0.15) is 22.3 Å². The molecule has 1 fully saturated rings. The third-order valence-corrected chi connectivity index (χ3v) is 4.18. The van der Waals surface area contributed by atoms with E-state index in [0.717, 1.165) is 13.1 Å². The predicted molar refractivity (Wildman–Crippen MR) is 93.0 cm³/mol. The smallest absolute Gasteiger partial charge is 0.253 e. The van der Waals surface area contributed by atoms with Gasteiger partial charge in [-0.05, 0) is 24.3 Å². The van der Waals surface area contributed by atoms with Crippen LogP contribution in [0.5, 0.6) is 0 Å². The highest BCUT2D eigenvalue weighted by atomic mass is 16.5. The molecule has 1 N–H and O–H groups in total. The number of nitriles is 1. The van der Waals surface area contributed by atoms with Gasteiger partial charge in [0.15, 0.2) is 0 Å². The molecule has 2 amide bonds. The molecule has 7 nitrogen and oxygen atoms in total. The van der Waals surface area contributed by atoms with Gasteiger partial charge in [-0.25, -0.2) is 0 Å². The fraction of sp³-hybridized carbons (Fsp3) is 0.500. The topological polar surface area (TPSA) is 85.7 Å². The normalized spacial score (nSPS) is 14.0. The Labute approximate surface area is 148 Å². The lowest BCUT2D eigenvalue weighted by Gasteiger charge is -2.29. The van der Waals surface area contributed by atoms with Crippen LogP contribution in [-0.2, 0) is 9.53 Å². The van der Waals surface area contributed by atoms with Crippen LogP contribution in [0.25, 0.3) is 0 Å². The molecule has 134 valence electrons. The van der Waals surface area contributed by atoms with Gasteiger partial charge in [-0.3, -0.25) is 9.59 Å². The molecule has 1 heterocycles. The number of piperazine rings is 1. The molecule has 0 atom stereocenters. The van der Waals surface area contributed by atoms with E-state index in [1.807, 2.05) is 11.0 Å². The van der Waals surface area contributed by atoms with Gasteiger partial charge >= 0.3 is 0 Å². The van der Waals surface area contributed by atoms with Crippen molar-refractivity contribution in [1.29, 1.82) is 5.26 Å². The number of carbonyl (C=O) groups excluding carboxylic acids is 2. The first-order chi connectivity index (χ1) is 12.2. The van der Waals surface area contributed by atoms with Crippen molar-refractivity contribution in [2.75, 3.05) is 53.0 Å². The van der Waals surface area contributed by atoms with Gasteiger partial charge in [-0.1, -0.05) is 0 Å². The highest BCUT2D eigenvalue weighted by Gasteiger charge is 2.20. The fourth-order valence-electron chi connectivity index (χ4n) is 2.69. The Balaban J connectivity index is 1.97. The van der Waals surface area contributed by atoms with Crippen LogP contribution in [0.3, 0.4) is 0 Å². The van der Waals surface area contributed by atoms with E-state index in [2.05, 4.69) is 5.32 Å². The highest BCUT2D eigenvalue weighted by Crippen LogP contribution is 2.09. The Kier molecular flexibility index (Phi) is 7.38. The fourth-order valence-corrected chi connectivity index (χ4v) is 2.69. The molecule has 0 spiro atoms. The lowest BCUT2D eigenvalue weighted by Crippen LogP contribution is -2.47. The summed E-state index contributed by atoms with van der Waals surface area (Å²) in [5, 5.41) is 12.1. The zero-order valence-electron chi connectivity index (χ0n) is 14.5. The second-order valence-corrected chi connectivity index (χ2v) is 5.85. The van der Waals surface area contributed by atoms with E-state index >= 15 is 0 Å². The van der Waals surface area contributed by atoms with Crippen molar-refractivity contribution >= 4 is 11.8 Å². The van der Waals surface area contributed by atoms with Crippen molar-refractivity contribution in [1.82, 2.24) is 15.1 Å². The van der Waals surface area contributed by atoms with Crippen LogP contribution in [0, 0.1) is 11.3 Å².